The zero-order chi connectivity index (χ0) is 9.26. The lowest BCUT2D eigenvalue weighted by atomic mass is 10.1. The van der Waals surface area contributed by atoms with Crippen molar-refractivity contribution in [1.29, 1.82) is 0 Å². The zero-order valence-corrected chi connectivity index (χ0v) is 8.97. The lowest BCUT2D eigenvalue weighted by Gasteiger charge is -2.26. The van der Waals surface area contributed by atoms with Crippen molar-refractivity contribution in [3.8, 4) is 0 Å². The van der Waals surface area contributed by atoms with Gasteiger partial charge in [-0.1, -0.05) is 0 Å². The van der Waals surface area contributed by atoms with Crippen molar-refractivity contribution >= 4 is 27.6 Å². The Labute approximate surface area is 85.6 Å². The molecule has 0 atom stereocenters. The minimum atomic E-state index is 0.612. The molecule has 0 unspecified atom stereocenters. The van der Waals surface area contributed by atoms with Crippen LogP contribution < -0.4 is 10.6 Å². The van der Waals surface area contributed by atoms with E-state index < -0.39 is 0 Å². The second-order valence-electron chi connectivity index (χ2n) is 3.32. The number of nitrogens with two attached hydrogens (primary N) is 1. The molecule has 1 saturated heterocycles. The molecule has 2 rings (SSSR count). The molecule has 1 aromatic rings. The Balaban J connectivity index is 2.18. The highest BCUT2D eigenvalue weighted by Gasteiger charge is 2.17. The van der Waals surface area contributed by atoms with Gasteiger partial charge < -0.3 is 10.6 Å². The summed E-state index contributed by atoms with van der Waals surface area (Å²) in [7, 11) is 0. The Hall–Kier alpha value is -0.710. The number of halogens is 1. The molecule has 0 spiro atoms. The molecule has 0 bridgehead atoms. The van der Waals surface area contributed by atoms with Crippen LogP contribution in [0.5, 0.6) is 0 Å². The molecule has 0 aromatic carbocycles. The van der Waals surface area contributed by atoms with E-state index in [1.54, 1.807) is 0 Å². The lowest BCUT2D eigenvalue weighted by Crippen LogP contribution is -2.29. The van der Waals surface area contributed by atoms with E-state index in [1.165, 1.54) is 19.3 Å². The molecule has 0 saturated carbocycles. The molecule has 72 valence electrons. The van der Waals surface area contributed by atoms with Crippen LogP contribution in [0.25, 0.3) is 0 Å². The minimum Gasteiger partial charge on any atom is -0.383 e. The number of hydrogen-bond acceptors (Lipinski definition) is 3. The first-order valence-corrected chi connectivity index (χ1v) is 5.32. The average Bonchev–Trinajstić information content (AvgIpc) is 2.49. The second-order valence-corrected chi connectivity index (χ2v) is 4.12. The van der Waals surface area contributed by atoms with Crippen molar-refractivity contribution < 1.29 is 0 Å². The van der Waals surface area contributed by atoms with E-state index in [2.05, 4.69) is 31.0 Å². The summed E-state index contributed by atoms with van der Waals surface area (Å²) in [5, 5.41) is 6.94. The largest absolute Gasteiger partial charge is 0.383 e. The quantitative estimate of drug-likeness (QED) is 0.792. The maximum Gasteiger partial charge on any atom is 0.167 e. The van der Waals surface area contributed by atoms with Crippen molar-refractivity contribution in [3.05, 3.63) is 4.47 Å². The van der Waals surface area contributed by atoms with Gasteiger partial charge in [0.15, 0.2) is 5.82 Å². The molecule has 13 heavy (non-hydrogen) atoms. The number of hydrogen-bond donors (Lipinski definition) is 2. The van der Waals surface area contributed by atoms with Crippen molar-refractivity contribution in [2.24, 2.45) is 0 Å². The number of H-pyrrole nitrogens is 1. The normalized spacial score (nSPS) is 17.8. The summed E-state index contributed by atoms with van der Waals surface area (Å²) in [5.41, 5.74) is 5.66. The maximum atomic E-state index is 5.66. The van der Waals surface area contributed by atoms with Gasteiger partial charge in [-0.05, 0) is 35.2 Å². The third-order valence-electron chi connectivity index (χ3n) is 2.37. The number of nitrogen functional groups attached to an aromatic ring is 1. The summed E-state index contributed by atoms with van der Waals surface area (Å²) >= 11 is 3.43. The SMILES string of the molecule is Nc1[nH]nc(N2CCCCC2)c1Br. The van der Waals surface area contributed by atoms with Crippen LogP contribution >= 0.6 is 15.9 Å². The van der Waals surface area contributed by atoms with Gasteiger partial charge in [0.2, 0.25) is 0 Å². The van der Waals surface area contributed by atoms with Crippen LogP contribution in [-0.4, -0.2) is 23.3 Å². The molecule has 1 aromatic heterocycles. The van der Waals surface area contributed by atoms with Crippen LogP contribution in [0.4, 0.5) is 11.6 Å². The molecule has 4 nitrogen and oxygen atoms in total. The number of rotatable bonds is 1. The maximum absolute atomic E-state index is 5.66. The fourth-order valence-electron chi connectivity index (χ4n) is 1.65. The summed E-state index contributed by atoms with van der Waals surface area (Å²) in [6.07, 6.45) is 3.83. The lowest BCUT2D eigenvalue weighted by molar-refractivity contribution is 0.572. The van der Waals surface area contributed by atoms with Gasteiger partial charge in [-0.15, -0.1) is 0 Å². The van der Waals surface area contributed by atoms with Crippen molar-refractivity contribution in [3.63, 3.8) is 0 Å². The van der Waals surface area contributed by atoms with Gasteiger partial charge >= 0.3 is 0 Å². The monoisotopic (exact) mass is 244 g/mol. The van der Waals surface area contributed by atoms with Crippen LogP contribution in [0.1, 0.15) is 19.3 Å². The highest BCUT2D eigenvalue weighted by molar-refractivity contribution is 9.10. The van der Waals surface area contributed by atoms with E-state index in [9.17, 15) is 0 Å². The Morgan fingerprint density at radius 1 is 1.31 bits per heavy atom. The Bertz CT molecular complexity index is 290. The summed E-state index contributed by atoms with van der Waals surface area (Å²) in [4.78, 5) is 2.26. The molecule has 3 N–H and O–H groups in total. The van der Waals surface area contributed by atoms with Gasteiger partial charge in [-0.25, -0.2) is 0 Å². The topological polar surface area (TPSA) is 57.9 Å². The summed E-state index contributed by atoms with van der Waals surface area (Å²) in [6.45, 7) is 2.17. The molecule has 0 aliphatic carbocycles. The fraction of sp³-hybridized carbons (Fsp3) is 0.625. The van der Waals surface area contributed by atoms with Gasteiger partial charge in [0.1, 0.15) is 10.3 Å². The van der Waals surface area contributed by atoms with E-state index in [0.717, 1.165) is 23.4 Å². The first-order valence-electron chi connectivity index (χ1n) is 4.53. The van der Waals surface area contributed by atoms with E-state index in [1.807, 2.05) is 0 Å². The molecular formula is C8H13BrN4. The van der Waals surface area contributed by atoms with Crippen LogP contribution in [0, 0.1) is 0 Å². The number of aromatic amines is 1. The predicted molar refractivity (Wildman–Crippen MR) is 56.8 cm³/mol. The Morgan fingerprint density at radius 3 is 2.54 bits per heavy atom. The Kier molecular flexibility index (Phi) is 2.44. The second kappa shape index (κ2) is 3.57. The third kappa shape index (κ3) is 1.65. The van der Waals surface area contributed by atoms with Gasteiger partial charge in [0, 0.05) is 13.1 Å². The number of piperidine rings is 1. The zero-order valence-electron chi connectivity index (χ0n) is 7.39. The van der Waals surface area contributed by atoms with E-state index in [0.29, 0.717) is 5.82 Å². The Morgan fingerprint density at radius 2 is 2.00 bits per heavy atom. The molecule has 1 fully saturated rings. The molecular weight excluding hydrogens is 232 g/mol. The standard InChI is InChI=1S/C8H13BrN4/c9-6-7(10)11-12-8(6)13-4-2-1-3-5-13/h1-5H2,(H3,10,11,12). The van der Waals surface area contributed by atoms with E-state index in [4.69, 9.17) is 5.73 Å². The smallest absolute Gasteiger partial charge is 0.167 e. The first kappa shape index (κ1) is 8.87. The van der Waals surface area contributed by atoms with Gasteiger partial charge in [-0.3, -0.25) is 5.10 Å². The van der Waals surface area contributed by atoms with E-state index >= 15 is 0 Å². The average molecular weight is 245 g/mol. The molecule has 2 heterocycles. The minimum absolute atomic E-state index is 0.612. The summed E-state index contributed by atoms with van der Waals surface area (Å²) < 4.78 is 0.898. The predicted octanol–water partition coefficient (Wildman–Crippen LogP) is 1.74. The van der Waals surface area contributed by atoms with Crippen molar-refractivity contribution in [2.45, 2.75) is 19.3 Å². The molecule has 1 aliphatic heterocycles. The van der Waals surface area contributed by atoms with Gasteiger partial charge in [0.25, 0.3) is 0 Å². The van der Waals surface area contributed by atoms with Gasteiger partial charge in [0.05, 0.1) is 0 Å². The number of nitrogens with one attached hydrogen (secondary N) is 1. The van der Waals surface area contributed by atoms with Crippen LogP contribution in [-0.2, 0) is 0 Å². The fourth-order valence-corrected chi connectivity index (χ4v) is 2.08. The molecule has 5 heteroatoms. The first-order chi connectivity index (χ1) is 6.29. The van der Waals surface area contributed by atoms with Gasteiger partial charge in [-0.2, -0.15) is 5.10 Å². The van der Waals surface area contributed by atoms with E-state index in [-0.39, 0.29) is 0 Å². The highest BCUT2D eigenvalue weighted by atomic mass is 79.9. The van der Waals surface area contributed by atoms with Crippen LogP contribution in [0.15, 0.2) is 4.47 Å². The number of aromatic nitrogens is 2. The number of anilines is 2. The van der Waals surface area contributed by atoms with Crippen molar-refractivity contribution in [1.82, 2.24) is 10.2 Å². The van der Waals surface area contributed by atoms with Crippen LogP contribution in [0.3, 0.4) is 0 Å². The summed E-state index contributed by atoms with van der Waals surface area (Å²) in [5.74, 6) is 1.57. The molecule has 0 radical (unpaired) electrons. The molecule has 0 amide bonds. The molecule has 1 aliphatic rings. The number of nitrogens with zero attached hydrogens (tertiary/aromatic N) is 2. The van der Waals surface area contributed by atoms with Crippen molar-refractivity contribution in [2.75, 3.05) is 23.7 Å². The van der Waals surface area contributed by atoms with Crippen LogP contribution in [0.2, 0.25) is 0 Å². The summed E-state index contributed by atoms with van der Waals surface area (Å²) in [6, 6.07) is 0. The highest BCUT2D eigenvalue weighted by Crippen LogP contribution is 2.30. The third-order valence-corrected chi connectivity index (χ3v) is 3.15.